The summed E-state index contributed by atoms with van der Waals surface area (Å²) in [5, 5.41) is 0. The molecule has 1 spiro atoms. The van der Waals surface area contributed by atoms with Gasteiger partial charge in [-0.15, -0.1) is 0 Å². The summed E-state index contributed by atoms with van der Waals surface area (Å²) < 4.78 is 0. The van der Waals surface area contributed by atoms with Gasteiger partial charge in [0.05, 0.1) is 5.41 Å². The molecule has 2 nitrogen and oxygen atoms in total. The zero-order valence-electron chi connectivity index (χ0n) is 31.8. The van der Waals surface area contributed by atoms with Gasteiger partial charge >= 0.3 is 0 Å². The van der Waals surface area contributed by atoms with Gasteiger partial charge in [-0.25, -0.2) is 0 Å². The lowest BCUT2D eigenvalue weighted by atomic mass is 9.64. The smallest absolute Gasteiger partial charge is 0.0535 e. The van der Waals surface area contributed by atoms with Crippen molar-refractivity contribution >= 4 is 16.8 Å². The maximum absolute atomic E-state index is 6.17. The molecular formula is C53H46N2. The van der Waals surface area contributed by atoms with E-state index in [2.05, 4.69) is 202 Å². The van der Waals surface area contributed by atoms with Crippen LogP contribution >= 0.6 is 0 Å². The van der Waals surface area contributed by atoms with Gasteiger partial charge in [-0.1, -0.05) is 166 Å². The van der Waals surface area contributed by atoms with Gasteiger partial charge in [0.1, 0.15) is 0 Å². The number of allylic oxidation sites excluding steroid dienone is 11. The summed E-state index contributed by atoms with van der Waals surface area (Å²) in [5.41, 5.74) is 25.5. The van der Waals surface area contributed by atoms with Crippen LogP contribution in [0.5, 0.6) is 0 Å². The second-order valence-corrected chi connectivity index (χ2v) is 16.1. The second-order valence-electron chi connectivity index (χ2n) is 16.1. The van der Waals surface area contributed by atoms with Gasteiger partial charge in [0.2, 0.25) is 0 Å². The van der Waals surface area contributed by atoms with Crippen molar-refractivity contribution in [2.24, 2.45) is 11.7 Å². The first-order valence-electron chi connectivity index (χ1n) is 19.8. The molecule has 55 heavy (non-hydrogen) atoms. The highest BCUT2D eigenvalue weighted by Gasteiger charge is 2.57. The van der Waals surface area contributed by atoms with E-state index in [0.717, 1.165) is 6.42 Å². The maximum atomic E-state index is 6.17. The Morgan fingerprint density at radius 2 is 1.40 bits per heavy atom. The number of nitrogens with zero attached hydrogens (tertiary/aromatic N) is 1. The Labute approximate surface area is 325 Å². The lowest BCUT2D eigenvalue weighted by Crippen LogP contribution is -2.35. The molecule has 0 fully saturated rings. The minimum absolute atomic E-state index is 0.109. The van der Waals surface area contributed by atoms with Crippen molar-refractivity contribution in [3.8, 4) is 11.1 Å². The van der Waals surface area contributed by atoms with E-state index in [0.29, 0.717) is 6.54 Å². The van der Waals surface area contributed by atoms with Gasteiger partial charge in [0, 0.05) is 40.9 Å². The fourth-order valence-electron chi connectivity index (χ4n) is 10.6. The zero-order valence-corrected chi connectivity index (χ0v) is 31.8. The SMILES string of the molecule is CC1=C(/C=C\CN)C2(c3ccccc31)c1ccccc1C1C=CC(N(C3=CCC=C(c4ccccc4)C=C3)c3ccc4c(c3)C(C)(C)c3ccccc3-4)=CC12. The molecule has 2 heteroatoms. The second kappa shape index (κ2) is 12.8. The number of fused-ring (bicyclic) bond motifs is 10. The van der Waals surface area contributed by atoms with Gasteiger partial charge in [0.25, 0.3) is 0 Å². The zero-order chi connectivity index (χ0) is 37.3. The topological polar surface area (TPSA) is 29.3 Å². The highest BCUT2D eigenvalue weighted by atomic mass is 15.2. The molecule has 3 atom stereocenters. The van der Waals surface area contributed by atoms with Crippen LogP contribution in [0.4, 0.5) is 5.69 Å². The Morgan fingerprint density at radius 1 is 0.691 bits per heavy atom. The molecule has 0 bridgehead atoms. The van der Waals surface area contributed by atoms with Crippen LogP contribution < -0.4 is 10.6 Å². The normalized spacial score (nSPS) is 22.4. The van der Waals surface area contributed by atoms with Crippen LogP contribution in [0, 0.1) is 5.92 Å². The van der Waals surface area contributed by atoms with Gasteiger partial charge in [0.15, 0.2) is 0 Å². The Kier molecular flexibility index (Phi) is 7.83. The summed E-state index contributed by atoms with van der Waals surface area (Å²) >= 11 is 0. The molecule has 0 amide bonds. The molecule has 0 aliphatic heterocycles. The minimum atomic E-state index is -0.341. The summed E-state index contributed by atoms with van der Waals surface area (Å²) in [7, 11) is 0. The molecule has 3 unspecified atom stereocenters. The van der Waals surface area contributed by atoms with E-state index in [9.17, 15) is 0 Å². The standard InChI is InChI=1S/C53H46N2/c1-35-41-19-7-11-23-48(41)53(46(35)25-14-32-54)49-24-12-9-21-43(49)45-31-29-40(34-51(45)53)55(38-18-13-17-37(26-27-38)36-15-5-4-6-16-36)39-28-30-44-42-20-8-10-22-47(42)52(2,3)50(44)33-39/h4-12,14-31,33-34,45,51H,13,32,54H2,1-3H3/b25-14-. The van der Waals surface area contributed by atoms with E-state index >= 15 is 0 Å². The predicted molar refractivity (Wildman–Crippen MR) is 231 cm³/mol. The number of nitrogens with two attached hydrogens (primary N) is 1. The highest BCUT2D eigenvalue weighted by Crippen LogP contribution is 2.65. The molecule has 268 valence electrons. The molecule has 5 aliphatic carbocycles. The number of rotatable bonds is 6. The van der Waals surface area contributed by atoms with Gasteiger partial charge in [-0.3, -0.25) is 0 Å². The van der Waals surface area contributed by atoms with Gasteiger partial charge in [-0.2, -0.15) is 0 Å². The molecule has 0 radical (unpaired) electrons. The summed E-state index contributed by atoms with van der Waals surface area (Å²) in [6.45, 7) is 7.56. The average molecular weight is 711 g/mol. The summed E-state index contributed by atoms with van der Waals surface area (Å²) in [6.07, 6.45) is 22.2. The van der Waals surface area contributed by atoms with Crippen LogP contribution in [-0.4, -0.2) is 6.54 Å². The molecule has 5 aromatic carbocycles. The lowest BCUT2D eigenvalue weighted by Gasteiger charge is -2.39. The molecular weight excluding hydrogens is 665 g/mol. The van der Waals surface area contributed by atoms with Crippen LogP contribution in [0.3, 0.4) is 0 Å². The Bertz CT molecular complexity index is 2600. The fraction of sp³-hybridized carbons (Fsp3) is 0.170. The average Bonchev–Trinajstić information content (AvgIpc) is 3.63. The molecule has 0 aromatic heterocycles. The first-order chi connectivity index (χ1) is 26.9. The van der Waals surface area contributed by atoms with E-state index in [1.807, 2.05) is 0 Å². The first kappa shape index (κ1) is 33.6. The maximum Gasteiger partial charge on any atom is 0.0535 e. The van der Waals surface area contributed by atoms with E-state index in [4.69, 9.17) is 5.73 Å². The Morgan fingerprint density at radius 3 is 2.22 bits per heavy atom. The van der Waals surface area contributed by atoms with Gasteiger partial charge < -0.3 is 10.6 Å². The van der Waals surface area contributed by atoms with Crippen molar-refractivity contribution in [3.63, 3.8) is 0 Å². The van der Waals surface area contributed by atoms with E-state index < -0.39 is 0 Å². The van der Waals surface area contributed by atoms with Crippen LogP contribution in [0.1, 0.15) is 72.1 Å². The minimum Gasteiger partial charge on any atom is -0.327 e. The van der Waals surface area contributed by atoms with Crippen molar-refractivity contribution in [2.75, 3.05) is 11.4 Å². The number of anilines is 1. The third-order valence-electron chi connectivity index (χ3n) is 13.0. The third-order valence-corrected chi connectivity index (χ3v) is 13.0. The third kappa shape index (κ3) is 4.91. The predicted octanol–water partition coefficient (Wildman–Crippen LogP) is 12.2. The number of hydrogen-bond acceptors (Lipinski definition) is 2. The van der Waals surface area contributed by atoms with E-state index in [-0.39, 0.29) is 22.7 Å². The quantitative estimate of drug-likeness (QED) is 0.190. The van der Waals surface area contributed by atoms with Crippen molar-refractivity contribution in [1.29, 1.82) is 0 Å². The van der Waals surface area contributed by atoms with Crippen LogP contribution in [0.2, 0.25) is 0 Å². The monoisotopic (exact) mass is 710 g/mol. The molecule has 5 aliphatic rings. The van der Waals surface area contributed by atoms with Crippen LogP contribution in [0.25, 0.3) is 22.3 Å². The van der Waals surface area contributed by atoms with Crippen molar-refractivity contribution in [3.05, 3.63) is 232 Å². The summed E-state index contributed by atoms with van der Waals surface area (Å²) in [5.74, 6) is 0.396. The molecule has 0 saturated heterocycles. The molecule has 2 N–H and O–H groups in total. The van der Waals surface area contributed by atoms with E-state index in [1.54, 1.807) is 0 Å². The van der Waals surface area contributed by atoms with Crippen molar-refractivity contribution in [1.82, 2.24) is 0 Å². The molecule has 5 aromatic rings. The summed E-state index contributed by atoms with van der Waals surface area (Å²) in [4.78, 5) is 2.52. The molecule has 10 rings (SSSR count). The molecule has 0 heterocycles. The van der Waals surface area contributed by atoms with E-state index in [1.165, 1.54) is 83.9 Å². The fourth-order valence-corrected chi connectivity index (χ4v) is 10.6. The van der Waals surface area contributed by atoms with Crippen molar-refractivity contribution in [2.45, 2.75) is 43.9 Å². The van der Waals surface area contributed by atoms with Crippen LogP contribution in [-0.2, 0) is 10.8 Å². The molecule has 0 saturated carbocycles. The number of hydrogen-bond donors (Lipinski definition) is 1. The van der Waals surface area contributed by atoms with Crippen LogP contribution in [0.15, 0.2) is 193 Å². The first-order valence-corrected chi connectivity index (χ1v) is 19.8. The highest BCUT2D eigenvalue weighted by molar-refractivity contribution is 5.87. The summed E-state index contributed by atoms with van der Waals surface area (Å²) in [6, 6.07) is 45.1. The largest absolute Gasteiger partial charge is 0.327 e. The Balaban J connectivity index is 1.17. The Hall–Kier alpha value is -5.96. The van der Waals surface area contributed by atoms with Crippen molar-refractivity contribution < 1.29 is 0 Å². The van der Waals surface area contributed by atoms with Gasteiger partial charge in [-0.05, 0) is 104 Å². The number of benzene rings is 5. The lowest BCUT2D eigenvalue weighted by molar-refractivity contribution is 0.459.